The smallest absolute Gasteiger partial charge is 0.171 e. The van der Waals surface area contributed by atoms with Gasteiger partial charge in [-0.25, -0.2) is 9.37 Å². The van der Waals surface area contributed by atoms with E-state index in [2.05, 4.69) is 15.2 Å². The molecule has 1 heterocycles. The Morgan fingerprint density at radius 1 is 1.33 bits per heavy atom. The Labute approximate surface area is 86.3 Å². The summed E-state index contributed by atoms with van der Waals surface area (Å²) in [7, 11) is 0. The summed E-state index contributed by atoms with van der Waals surface area (Å²) in [6.45, 7) is 1.80. The van der Waals surface area contributed by atoms with Crippen molar-refractivity contribution in [2.45, 2.75) is 13.0 Å². The van der Waals surface area contributed by atoms with Gasteiger partial charge in [0, 0.05) is 0 Å². The molecule has 78 valence electrons. The summed E-state index contributed by atoms with van der Waals surface area (Å²) in [4.78, 5) is 4.12. The van der Waals surface area contributed by atoms with Crippen molar-refractivity contribution in [2.24, 2.45) is 5.73 Å². The molecule has 15 heavy (non-hydrogen) atoms. The van der Waals surface area contributed by atoms with Crippen molar-refractivity contribution in [3.8, 4) is 0 Å². The number of aromatic amines is 1. The van der Waals surface area contributed by atoms with Crippen LogP contribution in [0.1, 0.15) is 23.3 Å². The Kier molecular flexibility index (Phi) is 2.47. The lowest BCUT2D eigenvalue weighted by molar-refractivity contribution is 0.626. The number of hydrogen-bond acceptors (Lipinski definition) is 3. The number of nitrogens with one attached hydrogen (secondary N) is 1. The van der Waals surface area contributed by atoms with E-state index in [-0.39, 0.29) is 5.82 Å². The second-order valence-electron chi connectivity index (χ2n) is 3.31. The van der Waals surface area contributed by atoms with Crippen molar-refractivity contribution >= 4 is 0 Å². The SMILES string of the molecule is Cc1nc(C(N)c2ccc(F)cc2)n[nH]1. The zero-order valence-electron chi connectivity index (χ0n) is 8.24. The maximum atomic E-state index is 12.7. The predicted molar refractivity (Wildman–Crippen MR) is 53.6 cm³/mol. The molecule has 1 unspecified atom stereocenters. The maximum absolute atomic E-state index is 12.7. The summed E-state index contributed by atoms with van der Waals surface area (Å²) in [5, 5.41) is 6.68. The van der Waals surface area contributed by atoms with Gasteiger partial charge in [-0.05, 0) is 24.6 Å². The molecule has 0 amide bonds. The first-order valence-corrected chi connectivity index (χ1v) is 4.57. The molecule has 5 heteroatoms. The van der Waals surface area contributed by atoms with Gasteiger partial charge in [-0.15, -0.1) is 0 Å². The van der Waals surface area contributed by atoms with Gasteiger partial charge in [-0.1, -0.05) is 12.1 Å². The van der Waals surface area contributed by atoms with Gasteiger partial charge in [0.1, 0.15) is 11.6 Å². The zero-order chi connectivity index (χ0) is 10.8. The van der Waals surface area contributed by atoms with Crippen LogP contribution < -0.4 is 5.73 Å². The molecule has 1 aromatic heterocycles. The van der Waals surface area contributed by atoms with Gasteiger partial charge in [0.15, 0.2) is 5.82 Å². The number of H-pyrrole nitrogens is 1. The average Bonchev–Trinajstić information content (AvgIpc) is 2.65. The summed E-state index contributed by atoms with van der Waals surface area (Å²) >= 11 is 0. The largest absolute Gasteiger partial charge is 0.318 e. The van der Waals surface area contributed by atoms with Crippen LogP contribution in [0.5, 0.6) is 0 Å². The zero-order valence-corrected chi connectivity index (χ0v) is 8.24. The first kappa shape index (κ1) is 9.79. The predicted octanol–water partition coefficient (Wildman–Crippen LogP) is 1.30. The fourth-order valence-electron chi connectivity index (χ4n) is 1.32. The fraction of sp³-hybridized carbons (Fsp3) is 0.200. The molecule has 2 aromatic rings. The van der Waals surface area contributed by atoms with Crippen LogP contribution in [0.4, 0.5) is 4.39 Å². The normalized spacial score (nSPS) is 12.7. The van der Waals surface area contributed by atoms with E-state index >= 15 is 0 Å². The van der Waals surface area contributed by atoms with Crippen molar-refractivity contribution in [3.05, 3.63) is 47.3 Å². The molecule has 0 aliphatic heterocycles. The van der Waals surface area contributed by atoms with Crippen molar-refractivity contribution in [1.82, 2.24) is 15.2 Å². The number of aryl methyl sites for hydroxylation is 1. The molecular formula is C10H11FN4. The minimum Gasteiger partial charge on any atom is -0.318 e. The Morgan fingerprint density at radius 3 is 2.53 bits per heavy atom. The van der Waals surface area contributed by atoms with E-state index in [1.54, 1.807) is 19.1 Å². The van der Waals surface area contributed by atoms with Gasteiger partial charge in [-0.2, -0.15) is 5.10 Å². The van der Waals surface area contributed by atoms with Crippen LogP contribution in [0.25, 0.3) is 0 Å². The van der Waals surface area contributed by atoms with Gasteiger partial charge in [-0.3, -0.25) is 5.10 Å². The van der Waals surface area contributed by atoms with Crippen LogP contribution in [-0.4, -0.2) is 15.2 Å². The van der Waals surface area contributed by atoms with E-state index in [0.29, 0.717) is 11.6 Å². The molecular weight excluding hydrogens is 195 g/mol. The van der Waals surface area contributed by atoms with Crippen LogP contribution in [0.15, 0.2) is 24.3 Å². The Bertz CT molecular complexity index is 449. The fourth-order valence-corrected chi connectivity index (χ4v) is 1.32. The van der Waals surface area contributed by atoms with E-state index in [1.165, 1.54) is 12.1 Å². The standard InChI is InChI=1S/C10H11FN4/c1-6-13-10(15-14-6)9(12)7-2-4-8(11)5-3-7/h2-5,9H,12H2,1H3,(H,13,14,15). The highest BCUT2D eigenvalue weighted by atomic mass is 19.1. The van der Waals surface area contributed by atoms with Gasteiger partial charge in [0.05, 0.1) is 6.04 Å². The summed E-state index contributed by atoms with van der Waals surface area (Å²) < 4.78 is 12.7. The summed E-state index contributed by atoms with van der Waals surface area (Å²) in [5.74, 6) is 0.943. The molecule has 0 saturated heterocycles. The first-order valence-electron chi connectivity index (χ1n) is 4.57. The summed E-state index contributed by atoms with van der Waals surface area (Å²) in [6, 6.07) is 5.58. The Balaban J connectivity index is 2.28. The van der Waals surface area contributed by atoms with Gasteiger partial charge in [0.2, 0.25) is 0 Å². The lowest BCUT2D eigenvalue weighted by Crippen LogP contribution is -2.13. The summed E-state index contributed by atoms with van der Waals surface area (Å²) in [5.41, 5.74) is 6.70. The molecule has 1 aromatic carbocycles. The van der Waals surface area contributed by atoms with E-state index in [9.17, 15) is 4.39 Å². The highest BCUT2D eigenvalue weighted by Gasteiger charge is 2.13. The Morgan fingerprint density at radius 2 is 2.00 bits per heavy atom. The van der Waals surface area contributed by atoms with Crippen LogP contribution >= 0.6 is 0 Å². The molecule has 0 aliphatic carbocycles. The van der Waals surface area contributed by atoms with Gasteiger partial charge in [0.25, 0.3) is 0 Å². The van der Waals surface area contributed by atoms with E-state index in [4.69, 9.17) is 5.73 Å². The minimum absolute atomic E-state index is 0.280. The molecule has 0 radical (unpaired) electrons. The molecule has 2 rings (SSSR count). The highest BCUT2D eigenvalue weighted by Crippen LogP contribution is 2.16. The van der Waals surface area contributed by atoms with Gasteiger partial charge >= 0.3 is 0 Å². The second-order valence-corrected chi connectivity index (χ2v) is 3.31. The number of benzene rings is 1. The van der Waals surface area contributed by atoms with Crippen molar-refractivity contribution in [2.75, 3.05) is 0 Å². The Hall–Kier alpha value is -1.75. The van der Waals surface area contributed by atoms with E-state index in [0.717, 1.165) is 5.56 Å². The number of nitrogens with zero attached hydrogens (tertiary/aromatic N) is 2. The number of nitrogens with two attached hydrogens (primary N) is 1. The quantitative estimate of drug-likeness (QED) is 0.778. The van der Waals surface area contributed by atoms with Crippen LogP contribution in [0.2, 0.25) is 0 Å². The highest BCUT2D eigenvalue weighted by molar-refractivity contribution is 5.24. The number of aromatic nitrogens is 3. The summed E-state index contributed by atoms with van der Waals surface area (Å²) in [6.07, 6.45) is 0. The van der Waals surface area contributed by atoms with Crippen molar-refractivity contribution in [3.63, 3.8) is 0 Å². The molecule has 0 spiro atoms. The third-order valence-corrected chi connectivity index (χ3v) is 2.12. The third-order valence-electron chi connectivity index (χ3n) is 2.12. The molecule has 0 aliphatic rings. The molecule has 0 saturated carbocycles. The van der Waals surface area contributed by atoms with Crippen molar-refractivity contribution < 1.29 is 4.39 Å². The van der Waals surface area contributed by atoms with E-state index in [1.807, 2.05) is 0 Å². The van der Waals surface area contributed by atoms with Crippen molar-refractivity contribution in [1.29, 1.82) is 0 Å². The monoisotopic (exact) mass is 206 g/mol. The second kappa shape index (κ2) is 3.78. The van der Waals surface area contributed by atoms with Crippen LogP contribution in [0.3, 0.4) is 0 Å². The first-order chi connectivity index (χ1) is 7.16. The molecule has 4 nitrogen and oxygen atoms in total. The van der Waals surface area contributed by atoms with Crippen LogP contribution in [0, 0.1) is 12.7 Å². The topological polar surface area (TPSA) is 67.6 Å². The molecule has 0 bridgehead atoms. The minimum atomic E-state index is -0.421. The van der Waals surface area contributed by atoms with Crippen LogP contribution in [-0.2, 0) is 0 Å². The number of hydrogen-bond donors (Lipinski definition) is 2. The van der Waals surface area contributed by atoms with Gasteiger partial charge < -0.3 is 5.73 Å². The molecule has 1 atom stereocenters. The molecule has 3 N–H and O–H groups in total. The maximum Gasteiger partial charge on any atom is 0.171 e. The lowest BCUT2D eigenvalue weighted by Gasteiger charge is -2.06. The van der Waals surface area contributed by atoms with E-state index < -0.39 is 6.04 Å². The number of rotatable bonds is 2. The lowest BCUT2D eigenvalue weighted by atomic mass is 10.1. The molecule has 0 fully saturated rings. The average molecular weight is 206 g/mol. The third kappa shape index (κ3) is 2.02. The number of halogens is 1.